The Bertz CT molecular complexity index is 1220. The SMILES string of the molecule is N#Cc1ccc(N2CC(C(N)=O)C3(CCN(C(=O)c4ccc(F)cc4F)CC3)C2)cc1C(F)(F)F. The second kappa shape index (κ2) is 8.83. The number of hydrogen-bond acceptors (Lipinski definition) is 4. The highest BCUT2D eigenvalue weighted by atomic mass is 19.4. The number of nitrogens with zero attached hydrogens (tertiary/aromatic N) is 3. The third-order valence-corrected chi connectivity index (χ3v) is 6.99. The van der Waals surface area contributed by atoms with Crippen LogP contribution in [0.4, 0.5) is 27.6 Å². The summed E-state index contributed by atoms with van der Waals surface area (Å²) >= 11 is 0. The molecule has 184 valence electrons. The molecule has 2 aromatic carbocycles. The van der Waals surface area contributed by atoms with Crippen LogP contribution in [0.25, 0.3) is 0 Å². The molecule has 2 N–H and O–H groups in total. The van der Waals surface area contributed by atoms with Crippen LogP contribution in [-0.4, -0.2) is 42.9 Å². The van der Waals surface area contributed by atoms with Gasteiger partial charge in [-0.25, -0.2) is 8.78 Å². The lowest BCUT2D eigenvalue weighted by atomic mass is 9.70. The van der Waals surface area contributed by atoms with Gasteiger partial charge in [-0.3, -0.25) is 9.59 Å². The molecule has 2 aromatic rings. The van der Waals surface area contributed by atoms with Crippen LogP contribution in [0.2, 0.25) is 0 Å². The van der Waals surface area contributed by atoms with E-state index in [9.17, 15) is 31.5 Å². The first-order valence-electron chi connectivity index (χ1n) is 10.8. The number of anilines is 1. The van der Waals surface area contributed by atoms with Crippen molar-refractivity contribution in [1.82, 2.24) is 4.90 Å². The van der Waals surface area contributed by atoms with Crippen LogP contribution in [0.5, 0.6) is 0 Å². The predicted octanol–water partition coefficient (Wildman–Crippen LogP) is 3.70. The van der Waals surface area contributed by atoms with E-state index in [1.165, 1.54) is 11.0 Å². The van der Waals surface area contributed by atoms with Gasteiger partial charge in [0.2, 0.25) is 5.91 Å². The average Bonchev–Trinajstić information content (AvgIpc) is 3.17. The highest BCUT2D eigenvalue weighted by molar-refractivity contribution is 5.94. The summed E-state index contributed by atoms with van der Waals surface area (Å²) in [5.74, 6) is -3.65. The molecule has 2 aliphatic rings. The monoisotopic (exact) mass is 492 g/mol. The van der Waals surface area contributed by atoms with Gasteiger partial charge >= 0.3 is 6.18 Å². The molecule has 0 bridgehead atoms. The van der Waals surface area contributed by atoms with Gasteiger partial charge in [0.15, 0.2) is 0 Å². The van der Waals surface area contributed by atoms with E-state index in [1.54, 1.807) is 11.0 Å². The van der Waals surface area contributed by atoms with E-state index in [-0.39, 0.29) is 37.4 Å². The van der Waals surface area contributed by atoms with Crippen LogP contribution in [0.1, 0.15) is 34.3 Å². The van der Waals surface area contributed by atoms with Gasteiger partial charge < -0.3 is 15.5 Å². The highest BCUT2D eigenvalue weighted by Gasteiger charge is 2.51. The molecule has 0 radical (unpaired) electrons. The van der Waals surface area contributed by atoms with Crippen molar-refractivity contribution in [2.24, 2.45) is 17.1 Å². The van der Waals surface area contributed by atoms with Gasteiger partial charge in [-0.15, -0.1) is 0 Å². The van der Waals surface area contributed by atoms with Crippen LogP contribution in [0.15, 0.2) is 36.4 Å². The van der Waals surface area contributed by atoms with E-state index in [0.717, 1.165) is 24.3 Å². The number of amides is 2. The normalized spacial score (nSPS) is 19.6. The molecule has 35 heavy (non-hydrogen) atoms. The van der Waals surface area contributed by atoms with Crippen LogP contribution >= 0.6 is 0 Å². The smallest absolute Gasteiger partial charge is 0.370 e. The van der Waals surface area contributed by atoms with Crippen LogP contribution in [-0.2, 0) is 11.0 Å². The minimum absolute atomic E-state index is 0.0963. The molecule has 2 aliphatic heterocycles. The average molecular weight is 492 g/mol. The van der Waals surface area contributed by atoms with E-state index in [0.29, 0.717) is 18.9 Å². The summed E-state index contributed by atoms with van der Waals surface area (Å²) < 4.78 is 67.6. The first-order valence-corrected chi connectivity index (χ1v) is 10.8. The molecule has 6 nitrogen and oxygen atoms in total. The molecule has 2 amide bonds. The summed E-state index contributed by atoms with van der Waals surface area (Å²) in [4.78, 5) is 28.1. The van der Waals surface area contributed by atoms with E-state index >= 15 is 0 Å². The number of alkyl halides is 3. The number of carbonyl (C=O) groups is 2. The van der Waals surface area contributed by atoms with Crippen molar-refractivity contribution >= 4 is 17.5 Å². The van der Waals surface area contributed by atoms with Gasteiger partial charge in [0.1, 0.15) is 11.6 Å². The van der Waals surface area contributed by atoms with Crippen molar-refractivity contribution in [1.29, 1.82) is 5.26 Å². The van der Waals surface area contributed by atoms with Crippen molar-refractivity contribution in [2.45, 2.75) is 19.0 Å². The number of primary amides is 1. The molecular formula is C24H21F5N4O2. The van der Waals surface area contributed by atoms with Crippen LogP contribution in [0, 0.1) is 34.3 Å². The van der Waals surface area contributed by atoms with Gasteiger partial charge in [-0.05, 0) is 43.2 Å². The van der Waals surface area contributed by atoms with Gasteiger partial charge in [0, 0.05) is 43.3 Å². The Labute approximate surface area is 197 Å². The first-order chi connectivity index (χ1) is 16.4. The summed E-state index contributed by atoms with van der Waals surface area (Å²) in [5.41, 5.74) is 3.36. The van der Waals surface area contributed by atoms with E-state index < -0.39 is 52.1 Å². The predicted molar refractivity (Wildman–Crippen MR) is 115 cm³/mol. The number of piperidine rings is 1. The number of halogens is 5. The van der Waals surface area contributed by atoms with Crippen molar-refractivity contribution < 1.29 is 31.5 Å². The van der Waals surface area contributed by atoms with Crippen LogP contribution < -0.4 is 10.6 Å². The largest absolute Gasteiger partial charge is 0.417 e. The Morgan fingerprint density at radius 1 is 1.09 bits per heavy atom. The lowest BCUT2D eigenvalue weighted by Crippen LogP contribution is -2.49. The summed E-state index contributed by atoms with van der Waals surface area (Å²) in [7, 11) is 0. The summed E-state index contributed by atoms with van der Waals surface area (Å²) in [5, 5.41) is 9.04. The lowest BCUT2D eigenvalue weighted by molar-refractivity contribution is -0.137. The maximum Gasteiger partial charge on any atom is 0.417 e. The van der Waals surface area contributed by atoms with E-state index in [4.69, 9.17) is 11.0 Å². The number of nitriles is 1. The molecule has 0 aliphatic carbocycles. The third kappa shape index (κ3) is 4.52. The van der Waals surface area contributed by atoms with E-state index in [1.807, 2.05) is 0 Å². The number of nitrogens with two attached hydrogens (primary N) is 1. The highest BCUT2D eigenvalue weighted by Crippen LogP contribution is 2.47. The zero-order chi connectivity index (χ0) is 25.5. The summed E-state index contributed by atoms with van der Waals surface area (Å²) in [6, 6.07) is 7.63. The molecule has 1 spiro atoms. The summed E-state index contributed by atoms with van der Waals surface area (Å²) in [6.45, 7) is 0.679. The zero-order valence-electron chi connectivity index (χ0n) is 18.4. The number of likely N-dealkylation sites (tertiary alicyclic amines) is 1. The first kappa shape index (κ1) is 24.4. The topological polar surface area (TPSA) is 90.4 Å². The Kier molecular flexibility index (Phi) is 6.17. The number of carbonyl (C=O) groups excluding carboxylic acids is 2. The Morgan fingerprint density at radius 2 is 1.77 bits per heavy atom. The lowest BCUT2D eigenvalue weighted by Gasteiger charge is -2.41. The van der Waals surface area contributed by atoms with Gasteiger partial charge in [-0.1, -0.05) is 0 Å². The molecule has 2 fully saturated rings. The second-order valence-corrected chi connectivity index (χ2v) is 8.95. The minimum atomic E-state index is -4.72. The molecule has 1 atom stereocenters. The molecule has 4 rings (SSSR count). The zero-order valence-corrected chi connectivity index (χ0v) is 18.4. The summed E-state index contributed by atoms with van der Waals surface area (Å²) in [6.07, 6.45) is -4.06. The van der Waals surface area contributed by atoms with Gasteiger partial charge in [-0.2, -0.15) is 18.4 Å². The van der Waals surface area contributed by atoms with Crippen molar-refractivity contribution in [3.63, 3.8) is 0 Å². The van der Waals surface area contributed by atoms with Crippen molar-refractivity contribution in [3.8, 4) is 6.07 Å². The maximum absolute atomic E-state index is 14.1. The molecular weight excluding hydrogens is 471 g/mol. The van der Waals surface area contributed by atoms with Crippen molar-refractivity contribution in [2.75, 3.05) is 31.1 Å². The Hall–Kier alpha value is -3.68. The van der Waals surface area contributed by atoms with Gasteiger partial charge in [0.05, 0.1) is 28.7 Å². The molecule has 2 heterocycles. The number of benzene rings is 2. The molecule has 11 heteroatoms. The van der Waals surface area contributed by atoms with Crippen molar-refractivity contribution in [3.05, 3.63) is 64.7 Å². The molecule has 0 saturated carbocycles. The van der Waals surface area contributed by atoms with Crippen LogP contribution in [0.3, 0.4) is 0 Å². The molecule has 1 unspecified atom stereocenters. The fraction of sp³-hybridized carbons (Fsp3) is 0.375. The number of rotatable bonds is 3. The standard InChI is InChI=1S/C24H21F5N4O2/c25-15-2-4-17(20(26)9-15)22(35)32-7-5-23(6-8-32)13-33(12-19(23)21(31)34)16-3-1-14(11-30)18(10-16)24(27,28)29/h1-4,9-10,19H,5-8,12-13H2,(H2,31,34). The number of hydrogen-bond donors (Lipinski definition) is 1. The fourth-order valence-electron chi connectivity index (χ4n) is 5.11. The fourth-order valence-corrected chi connectivity index (χ4v) is 5.11. The quantitative estimate of drug-likeness (QED) is 0.662. The third-order valence-electron chi connectivity index (χ3n) is 6.99. The Balaban J connectivity index is 1.55. The van der Waals surface area contributed by atoms with Gasteiger partial charge in [0.25, 0.3) is 5.91 Å². The van der Waals surface area contributed by atoms with E-state index in [2.05, 4.69) is 0 Å². The maximum atomic E-state index is 14.1. The minimum Gasteiger partial charge on any atom is -0.370 e. The second-order valence-electron chi connectivity index (χ2n) is 8.95. The Morgan fingerprint density at radius 3 is 2.34 bits per heavy atom. The molecule has 2 saturated heterocycles. The molecule has 0 aromatic heterocycles.